The fourth-order valence-corrected chi connectivity index (χ4v) is 2.94. The van der Waals surface area contributed by atoms with Crippen molar-refractivity contribution in [3.05, 3.63) is 65.0 Å². The molecule has 134 valence electrons. The third-order valence-corrected chi connectivity index (χ3v) is 4.90. The normalized spacial score (nSPS) is 11.2. The van der Waals surface area contributed by atoms with Gasteiger partial charge in [-0.3, -0.25) is 4.98 Å². The van der Waals surface area contributed by atoms with Gasteiger partial charge < -0.3 is 10.6 Å². The Balaban J connectivity index is 1.73. The maximum Gasteiger partial charge on any atom is 0.238 e. The largest absolute Gasteiger partial charge is 0.365 e. The molecule has 3 aromatic rings. The molecule has 0 radical (unpaired) electrons. The van der Waals surface area contributed by atoms with E-state index in [1.165, 1.54) is 12.1 Å². The van der Waals surface area contributed by atoms with E-state index in [0.717, 1.165) is 10.0 Å². The highest BCUT2D eigenvalue weighted by atomic mass is 79.9. The molecule has 0 spiro atoms. The maximum atomic E-state index is 11.3. The molecule has 0 saturated carbocycles. The molecule has 0 aliphatic carbocycles. The molecule has 0 aliphatic heterocycles. The van der Waals surface area contributed by atoms with Crippen LogP contribution in [0.4, 0.5) is 17.5 Å². The summed E-state index contributed by atoms with van der Waals surface area (Å²) in [6.45, 7) is 0.584. The van der Waals surface area contributed by atoms with Crippen LogP contribution in [0.3, 0.4) is 0 Å². The zero-order valence-electron chi connectivity index (χ0n) is 13.4. The quantitative estimate of drug-likeness (QED) is 0.544. The average Bonchev–Trinajstić information content (AvgIpc) is 2.63. The summed E-state index contributed by atoms with van der Waals surface area (Å²) in [5, 5.41) is 11.3. The fraction of sp³-hybridized carbons (Fsp3) is 0.0625. The molecule has 2 aromatic heterocycles. The minimum Gasteiger partial charge on any atom is -0.365 e. The van der Waals surface area contributed by atoms with Crippen LogP contribution in [-0.4, -0.2) is 23.4 Å². The zero-order valence-corrected chi connectivity index (χ0v) is 15.8. The molecule has 0 amide bonds. The number of halogens is 1. The summed E-state index contributed by atoms with van der Waals surface area (Å²) in [5.41, 5.74) is 1.71. The average molecular weight is 435 g/mol. The van der Waals surface area contributed by atoms with Crippen LogP contribution in [0, 0.1) is 0 Å². The van der Waals surface area contributed by atoms with E-state index in [9.17, 15) is 8.42 Å². The molecule has 0 atom stereocenters. The zero-order chi connectivity index (χ0) is 18.6. The van der Waals surface area contributed by atoms with Crippen molar-refractivity contribution >= 4 is 43.4 Å². The van der Waals surface area contributed by atoms with Gasteiger partial charge in [0.25, 0.3) is 0 Å². The standard InChI is InChI=1S/C16H15BrN6O2S/c17-14-10-21-16(22-12-1-3-13(4-2-12)26(18,24)25)23-15(14)20-9-11-5-7-19-8-6-11/h1-8,10H,9H2,(H2,18,24,25)(H2,20,21,22,23). The third kappa shape index (κ3) is 4.75. The van der Waals surface area contributed by atoms with Gasteiger partial charge in [0, 0.05) is 30.8 Å². The summed E-state index contributed by atoms with van der Waals surface area (Å²) in [6.07, 6.45) is 5.08. The van der Waals surface area contributed by atoms with Crippen LogP contribution in [0.2, 0.25) is 0 Å². The lowest BCUT2D eigenvalue weighted by Crippen LogP contribution is -2.11. The van der Waals surface area contributed by atoms with Crippen LogP contribution < -0.4 is 15.8 Å². The predicted molar refractivity (Wildman–Crippen MR) is 102 cm³/mol. The van der Waals surface area contributed by atoms with Crippen molar-refractivity contribution in [2.45, 2.75) is 11.4 Å². The number of hydrogen-bond donors (Lipinski definition) is 3. The molecule has 26 heavy (non-hydrogen) atoms. The lowest BCUT2D eigenvalue weighted by atomic mass is 10.3. The van der Waals surface area contributed by atoms with Gasteiger partial charge in [-0.25, -0.2) is 18.5 Å². The SMILES string of the molecule is NS(=O)(=O)c1ccc(Nc2ncc(Br)c(NCc3ccncc3)n2)cc1. The number of nitrogens with two attached hydrogens (primary N) is 1. The Morgan fingerprint density at radius 2 is 1.77 bits per heavy atom. The summed E-state index contributed by atoms with van der Waals surface area (Å²) >= 11 is 3.41. The van der Waals surface area contributed by atoms with Crippen molar-refractivity contribution < 1.29 is 8.42 Å². The Morgan fingerprint density at radius 3 is 2.42 bits per heavy atom. The first kappa shape index (κ1) is 18.2. The summed E-state index contributed by atoms with van der Waals surface area (Å²) < 4.78 is 23.3. The van der Waals surface area contributed by atoms with Crippen LogP contribution in [0.5, 0.6) is 0 Å². The Kier molecular flexibility index (Phi) is 5.45. The molecule has 10 heteroatoms. The molecule has 3 rings (SSSR count). The van der Waals surface area contributed by atoms with Crippen LogP contribution in [0.1, 0.15) is 5.56 Å². The van der Waals surface area contributed by atoms with Gasteiger partial charge in [0.2, 0.25) is 16.0 Å². The molecule has 1 aromatic carbocycles. The number of nitrogens with one attached hydrogen (secondary N) is 2. The summed E-state index contributed by atoms with van der Waals surface area (Å²) in [6, 6.07) is 9.84. The summed E-state index contributed by atoms with van der Waals surface area (Å²) in [5.74, 6) is 0.995. The van der Waals surface area contributed by atoms with Crippen molar-refractivity contribution in [2.24, 2.45) is 5.14 Å². The van der Waals surface area contributed by atoms with Gasteiger partial charge in [-0.1, -0.05) is 0 Å². The predicted octanol–water partition coefficient (Wildman–Crippen LogP) is 2.64. The third-order valence-electron chi connectivity index (χ3n) is 3.39. The number of primary sulfonamides is 1. The van der Waals surface area contributed by atoms with Crippen molar-refractivity contribution in [3.8, 4) is 0 Å². The van der Waals surface area contributed by atoms with Crippen molar-refractivity contribution in [1.82, 2.24) is 15.0 Å². The van der Waals surface area contributed by atoms with Crippen LogP contribution in [0.15, 0.2) is 64.4 Å². The molecule has 0 aliphatic rings. The molecular weight excluding hydrogens is 420 g/mol. The first-order valence-electron chi connectivity index (χ1n) is 7.47. The van der Waals surface area contributed by atoms with Crippen LogP contribution in [-0.2, 0) is 16.6 Å². The molecule has 8 nitrogen and oxygen atoms in total. The molecular formula is C16H15BrN6O2S. The first-order chi connectivity index (χ1) is 12.4. The highest BCUT2D eigenvalue weighted by molar-refractivity contribution is 9.10. The fourth-order valence-electron chi connectivity index (χ4n) is 2.09. The number of rotatable bonds is 6. The van der Waals surface area contributed by atoms with Gasteiger partial charge in [0.05, 0.1) is 9.37 Å². The van der Waals surface area contributed by atoms with E-state index in [0.29, 0.717) is 24.0 Å². The number of aromatic nitrogens is 3. The topological polar surface area (TPSA) is 123 Å². The molecule has 4 N–H and O–H groups in total. The highest BCUT2D eigenvalue weighted by Gasteiger charge is 2.08. The number of hydrogen-bond acceptors (Lipinski definition) is 7. The lowest BCUT2D eigenvalue weighted by molar-refractivity contribution is 0.598. The minimum atomic E-state index is -3.72. The Hall–Kier alpha value is -2.56. The van der Waals surface area contributed by atoms with Crippen molar-refractivity contribution in [2.75, 3.05) is 10.6 Å². The number of sulfonamides is 1. The van der Waals surface area contributed by atoms with E-state index in [-0.39, 0.29) is 4.90 Å². The number of nitrogens with zero attached hydrogens (tertiary/aromatic N) is 3. The van der Waals surface area contributed by atoms with E-state index in [1.807, 2.05) is 12.1 Å². The number of anilines is 3. The summed E-state index contributed by atoms with van der Waals surface area (Å²) in [4.78, 5) is 12.6. The Morgan fingerprint density at radius 1 is 1.08 bits per heavy atom. The molecule has 0 bridgehead atoms. The van der Waals surface area contributed by atoms with E-state index in [4.69, 9.17) is 5.14 Å². The smallest absolute Gasteiger partial charge is 0.238 e. The van der Waals surface area contributed by atoms with Crippen LogP contribution in [0.25, 0.3) is 0 Å². The maximum absolute atomic E-state index is 11.3. The molecule has 2 heterocycles. The van der Waals surface area contributed by atoms with Gasteiger partial charge in [0.15, 0.2) is 0 Å². The second-order valence-corrected chi connectivity index (χ2v) is 7.71. The van der Waals surface area contributed by atoms with E-state index in [1.54, 1.807) is 30.7 Å². The Labute approximate surface area is 159 Å². The van der Waals surface area contributed by atoms with E-state index in [2.05, 4.69) is 41.5 Å². The molecule has 0 unspecified atom stereocenters. The number of benzene rings is 1. The highest BCUT2D eigenvalue weighted by Crippen LogP contribution is 2.23. The lowest BCUT2D eigenvalue weighted by Gasteiger charge is -2.10. The minimum absolute atomic E-state index is 0.0412. The van der Waals surface area contributed by atoms with Gasteiger partial charge in [-0.15, -0.1) is 0 Å². The van der Waals surface area contributed by atoms with Crippen LogP contribution >= 0.6 is 15.9 Å². The number of pyridine rings is 1. The molecule has 0 fully saturated rings. The Bertz CT molecular complexity index is 997. The van der Waals surface area contributed by atoms with Gasteiger partial charge >= 0.3 is 0 Å². The van der Waals surface area contributed by atoms with E-state index >= 15 is 0 Å². The second kappa shape index (κ2) is 7.77. The van der Waals surface area contributed by atoms with E-state index < -0.39 is 10.0 Å². The van der Waals surface area contributed by atoms with Gasteiger partial charge in [-0.05, 0) is 57.9 Å². The van der Waals surface area contributed by atoms with Gasteiger partial charge in [0.1, 0.15) is 5.82 Å². The second-order valence-electron chi connectivity index (χ2n) is 5.29. The molecule has 0 saturated heterocycles. The first-order valence-corrected chi connectivity index (χ1v) is 9.81. The monoisotopic (exact) mass is 434 g/mol. The van der Waals surface area contributed by atoms with Crippen molar-refractivity contribution in [3.63, 3.8) is 0 Å². The van der Waals surface area contributed by atoms with Gasteiger partial charge in [-0.2, -0.15) is 4.98 Å². The van der Waals surface area contributed by atoms with Crippen molar-refractivity contribution in [1.29, 1.82) is 0 Å². The summed E-state index contributed by atoms with van der Waals surface area (Å²) in [7, 11) is -3.72.